The van der Waals surface area contributed by atoms with Crippen molar-refractivity contribution in [1.29, 1.82) is 0 Å². The van der Waals surface area contributed by atoms with Gasteiger partial charge in [0.05, 0.1) is 11.4 Å². The minimum absolute atomic E-state index is 0.118. The van der Waals surface area contributed by atoms with Gasteiger partial charge in [0.25, 0.3) is 5.91 Å². The van der Waals surface area contributed by atoms with E-state index in [9.17, 15) is 4.79 Å². The molecule has 0 aliphatic carbocycles. The zero-order valence-electron chi connectivity index (χ0n) is 14.6. The molecule has 0 spiro atoms. The Hall–Kier alpha value is -1.92. The zero-order valence-corrected chi connectivity index (χ0v) is 15.4. The Balaban J connectivity index is 1.87. The van der Waals surface area contributed by atoms with Crippen molar-refractivity contribution >= 4 is 17.5 Å². The van der Waals surface area contributed by atoms with Gasteiger partial charge in [0, 0.05) is 17.6 Å². The number of carbonyl (C=O) groups excluding carboxylic acids is 1. The van der Waals surface area contributed by atoms with Crippen LogP contribution in [0.15, 0.2) is 24.3 Å². The summed E-state index contributed by atoms with van der Waals surface area (Å²) in [5, 5.41) is 15.5. The van der Waals surface area contributed by atoms with Gasteiger partial charge >= 0.3 is 0 Å². The molecule has 7 heteroatoms. The fourth-order valence-corrected chi connectivity index (χ4v) is 3.36. The minimum atomic E-state index is -0.155. The van der Waals surface area contributed by atoms with E-state index in [1.165, 1.54) is 0 Å². The Morgan fingerprint density at radius 1 is 1.48 bits per heavy atom. The quantitative estimate of drug-likeness (QED) is 0.858. The topological polar surface area (TPSA) is 71.8 Å². The standard InChI is InChI=1S/C18H24ClN5O/c1-3-5-16-17(18(25)21-15-11-20-9-8-12(15)2)22-23-24(16)14-7-4-6-13(19)10-14/h4,6-7,10,12,15,20H,3,5,8-9,11H2,1-2H3,(H,21,25). The number of nitrogens with one attached hydrogen (secondary N) is 2. The van der Waals surface area contributed by atoms with E-state index in [1.807, 2.05) is 24.3 Å². The number of aromatic nitrogens is 3. The SMILES string of the molecule is CCCc1c(C(=O)NC2CNCCC2C)nnn1-c1cccc(Cl)c1. The van der Waals surface area contributed by atoms with Crippen molar-refractivity contribution < 1.29 is 4.79 Å². The van der Waals surface area contributed by atoms with Gasteiger partial charge in [-0.3, -0.25) is 4.79 Å². The third kappa shape index (κ3) is 4.02. The fourth-order valence-electron chi connectivity index (χ4n) is 3.17. The van der Waals surface area contributed by atoms with Crippen LogP contribution in [0.4, 0.5) is 0 Å². The molecular weight excluding hydrogens is 338 g/mol. The molecule has 1 aliphatic rings. The van der Waals surface area contributed by atoms with E-state index in [1.54, 1.807) is 4.68 Å². The Labute approximate surface area is 152 Å². The van der Waals surface area contributed by atoms with Crippen LogP contribution in [0.5, 0.6) is 0 Å². The highest BCUT2D eigenvalue weighted by atomic mass is 35.5. The minimum Gasteiger partial charge on any atom is -0.346 e. The van der Waals surface area contributed by atoms with Gasteiger partial charge in [0.1, 0.15) is 0 Å². The van der Waals surface area contributed by atoms with Crippen LogP contribution in [0, 0.1) is 5.92 Å². The first-order valence-corrected chi connectivity index (χ1v) is 9.20. The maximum absolute atomic E-state index is 12.8. The molecule has 1 amide bonds. The van der Waals surface area contributed by atoms with Gasteiger partial charge < -0.3 is 10.6 Å². The zero-order chi connectivity index (χ0) is 17.8. The van der Waals surface area contributed by atoms with E-state index in [-0.39, 0.29) is 11.9 Å². The number of benzene rings is 1. The summed E-state index contributed by atoms with van der Waals surface area (Å²) in [6, 6.07) is 7.53. The Bertz CT molecular complexity index is 745. The highest BCUT2D eigenvalue weighted by Gasteiger charge is 2.26. The molecule has 6 nitrogen and oxygen atoms in total. The lowest BCUT2D eigenvalue weighted by molar-refractivity contribution is 0.0909. The summed E-state index contributed by atoms with van der Waals surface area (Å²) in [4.78, 5) is 12.8. The number of piperidine rings is 1. The van der Waals surface area contributed by atoms with Crippen LogP contribution in [-0.4, -0.2) is 40.0 Å². The number of rotatable bonds is 5. The van der Waals surface area contributed by atoms with Crippen LogP contribution in [-0.2, 0) is 6.42 Å². The second-order valence-corrected chi connectivity index (χ2v) is 7.01. The summed E-state index contributed by atoms with van der Waals surface area (Å²) in [6.45, 7) is 6.03. The molecule has 3 rings (SSSR count). The van der Waals surface area contributed by atoms with Crippen molar-refractivity contribution in [2.45, 2.75) is 39.2 Å². The summed E-state index contributed by atoms with van der Waals surface area (Å²) in [6.07, 6.45) is 2.68. The molecule has 134 valence electrons. The molecule has 2 aromatic rings. The number of amides is 1. The van der Waals surface area contributed by atoms with Gasteiger partial charge in [0.15, 0.2) is 5.69 Å². The smallest absolute Gasteiger partial charge is 0.274 e. The lowest BCUT2D eigenvalue weighted by atomic mass is 9.94. The predicted octanol–water partition coefficient (Wildman–Crippen LogP) is 2.60. The summed E-state index contributed by atoms with van der Waals surface area (Å²) >= 11 is 6.09. The molecule has 0 bridgehead atoms. The van der Waals surface area contributed by atoms with Gasteiger partial charge in [-0.05, 0) is 43.5 Å². The molecule has 1 aromatic carbocycles. The van der Waals surface area contributed by atoms with Crippen LogP contribution in [0.3, 0.4) is 0 Å². The van der Waals surface area contributed by atoms with Crippen molar-refractivity contribution in [2.75, 3.05) is 13.1 Å². The van der Waals surface area contributed by atoms with Crippen molar-refractivity contribution in [3.63, 3.8) is 0 Å². The Morgan fingerprint density at radius 3 is 3.04 bits per heavy atom. The van der Waals surface area contributed by atoms with Gasteiger partial charge in [-0.1, -0.05) is 43.1 Å². The largest absolute Gasteiger partial charge is 0.346 e. The van der Waals surface area contributed by atoms with Crippen molar-refractivity contribution in [1.82, 2.24) is 25.6 Å². The molecule has 0 radical (unpaired) electrons. The third-order valence-electron chi connectivity index (χ3n) is 4.66. The van der Waals surface area contributed by atoms with Crippen molar-refractivity contribution in [3.8, 4) is 5.69 Å². The number of carbonyl (C=O) groups is 1. The van der Waals surface area contributed by atoms with Crippen LogP contribution < -0.4 is 10.6 Å². The lowest BCUT2D eigenvalue weighted by Crippen LogP contribution is -2.50. The van der Waals surface area contributed by atoms with E-state index in [0.717, 1.165) is 43.7 Å². The maximum Gasteiger partial charge on any atom is 0.274 e. The summed E-state index contributed by atoms with van der Waals surface area (Å²) in [5.74, 6) is 0.292. The lowest BCUT2D eigenvalue weighted by Gasteiger charge is -2.30. The average Bonchev–Trinajstić information content (AvgIpc) is 3.01. The van der Waals surface area contributed by atoms with E-state index >= 15 is 0 Å². The molecule has 2 heterocycles. The Kier molecular flexibility index (Phi) is 5.71. The molecule has 1 saturated heterocycles. The number of nitrogens with zero attached hydrogens (tertiary/aromatic N) is 3. The van der Waals surface area contributed by atoms with Crippen molar-refractivity contribution in [2.24, 2.45) is 5.92 Å². The maximum atomic E-state index is 12.8. The van der Waals surface area contributed by atoms with E-state index in [4.69, 9.17) is 11.6 Å². The average molecular weight is 362 g/mol. The van der Waals surface area contributed by atoms with E-state index in [2.05, 4.69) is 34.8 Å². The monoisotopic (exact) mass is 361 g/mol. The highest BCUT2D eigenvalue weighted by Crippen LogP contribution is 2.19. The molecule has 2 unspecified atom stereocenters. The number of hydrogen-bond donors (Lipinski definition) is 2. The van der Waals surface area contributed by atoms with Crippen molar-refractivity contribution in [3.05, 3.63) is 40.7 Å². The van der Waals surface area contributed by atoms with Gasteiger partial charge in [0.2, 0.25) is 0 Å². The van der Waals surface area contributed by atoms with Gasteiger partial charge in [-0.2, -0.15) is 0 Å². The first-order valence-electron chi connectivity index (χ1n) is 8.82. The molecule has 2 N–H and O–H groups in total. The van der Waals surface area contributed by atoms with E-state index < -0.39 is 0 Å². The van der Waals surface area contributed by atoms with Crippen LogP contribution >= 0.6 is 11.6 Å². The first kappa shape index (κ1) is 17.9. The van der Waals surface area contributed by atoms with Gasteiger partial charge in [-0.15, -0.1) is 5.10 Å². The fraction of sp³-hybridized carbons (Fsp3) is 0.500. The molecular formula is C18H24ClN5O. The predicted molar refractivity (Wildman–Crippen MR) is 98.3 cm³/mol. The molecule has 2 atom stereocenters. The summed E-state index contributed by atoms with van der Waals surface area (Å²) in [7, 11) is 0. The Morgan fingerprint density at radius 2 is 2.32 bits per heavy atom. The molecule has 1 aromatic heterocycles. The first-order chi connectivity index (χ1) is 12.1. The molecule has 1 aliphatic heterocycles. The highest BCUT2D eigenvalue weighted by molar-refractivity contribution is 6.30. The van der Waals surface area contributed by atoms with Crippen LogP contribution in [0.1, 0.15) is 42.9 Å². The second-order valence-electron chi connectivity index (χ2n) is 6.58. The number of halogens is 1. The summed E-state index contributed by atoms with van der Waals surface area (Å²) < 4.78 is 1.72. The van der Waals surface area contributed by atoms with E-state index in [0.29, 0.717) is 16.6 Å². The van der Waals surface area contributed by atoms with Gasteiger partial charge in [-0.25, -0.2) is 4.68 Å². The number of hydrogen-bond acceptors (Lipinski definition) is 4. The third-order valence-corrected chi connectivity index (χ3v) is 4.90. The normalized spacial score (nSPS) is 20.4. The second kappa shape index (κ2) is 7.97. The van der Waals surface area contributed by atoms with Crippen LogP contribution in [0.25, 0.3) is 5.69 Å². The van der Waals surface area contributed by atoms with Crippen LogP contribution in [0.2, 0.25) is 5.02 Å². The molecule has 1 fully saturated rings. The summed E-state index contributed by atoms with van der Waals surface area (Å²) in [5.41, 5.74) is 2.04. The molecule has 25 heavy (non-hydrogen) atoms. The molecule has 0 saturated carbocycles.